The van der Waals surface area contributed by atoms with Crippen molar-refractivity contribution >= 4 is 5.69 Å². The van der Waals surface area contributed by atoms with Crippen molar-refractivity contribution in [3.63, 3.8) is 0 Å². The van der Waals surface area contributed by atoms with E-state index in [1.165, 1.54) is 0 Å². The minimum absolute atomic E-state index is 0.619. The van der Waals surface area contributed by atoms with Gasteiger partial charge in [-0.15, -0.1) is 0 Å². The predicted octanol–water partition coefficient (Wildman–Crippen LogP) is 1.76. The van der Waals surface area contributed by atoms with Crippen LogP contribution in [0.5, 0.6) is 0 Å². The van der Waals surface area contributed by atoms with Crippen molar-refractivity contribution in [3.8, 4) is 0 Å². The maximum Gasteiger partial charge on any atom is 0.119 e. The molecule has 72 valence electrons. The highest BCUT2D eigenvalue weighted by molar-refractivity contribution is 5.46. The lowest BCUT2D eigenvalue weighted by atomic mass is 10.1. The van der Waals surface area contributed by atoms with Crippen molar-refractivity contribution in [2.45, 2.75) is 6.10 Å². The zero-order valence-electron chi connectivity index (χ0n) is 7.87. The molecule has 0 saturated carbocycles. The van der Waals surface area contributed by atoms with Crippen LogP contribution in [0.15, 0.2) is 24.3 Å². The Kier molecular flexibility index (Phi) is 3.25. The number of anilines is 1. The lowest BCUT2D eigenvalue weighted by Gasteiger charge is -2.13. The van der Waals surface area contributed by atoms with Gasteiger partial charge in [0.2, 0.25) is 0 Å². The molecule has 0 fully saturated rings. The Bertz CT molecular complexity index is 258. The summed E-state index contributed by atoms with van der Waals surface area (Å²) >= 11 is 0. The molecule has 0 aliphatic heterocycles. The average Bonchev–Trinajstić information content (AvgIpc) is 2.17. The third-order valence-corrected chi connectivity index (χ3v) is 1.94. The molecule has 0 saturated heterocycles. The number of benzene rings is 1. The normalized spacial score (nSPS) is 12.6. The molecular weight excluding hydrogens is 169 g/mol. The summed E-state index contributed by atoms with van der Waals surface area (Å²) in [7, 11) is 3.86. The summed E-state index contributed by atoms with van der Waals surface area (Å²) in [6.07, 6.45) is -0.990. The number of hydrogen-bond acceptors (Lipinski definition) is 2. The largest absolute Gasteiger partial charge is 0.386 e. The molecule has 0 bridgehead atoms. The lowest BCUT2D eigenvalue weighted by molar-refractivity contribution is 0.142. The van der Waals surface area contributed by atoms with Gasteiger partial charge >= 0.3 is 0 Å². The summed E-state index contributed by atoms with van der Waals surface area (Å²) in [5, 5.41) is 9.17. The molecule has 0 spiro atoms. The number of halogens is 1. The van der Waals surface area contributed by atoms with Gasteiger partial charge in [0.05, 0.1) is 0 Å². The van der Waals surface area contributed by atoms with Crippen molar-refractivity contribution in [3.05, 3.63) is 29.8 Å². The van der Waals surface area contributed by atoms with E-state index in [0.29, 0.717) is 5.56 Å². The molecule has 0 aliphatic rings. The molecule has 1 aromatic carbocycles. The Morgan fingerprint density at radius 2 is 1.85 bits per heavy atom. The monoisotopic (exact) mass is 183 g/mol. The molecule has 0 aliphatic carbocycles. The van der Waals surface area contributed by atoms with Gasteiger partial charge in [-0.05, 0) is 17.7 Å². The van der Waals surface area contributed by atoms with Gasteiger partial charge in [-0.3, -0.25) is 0 Å². The number of nitrogens with zero attached hydrogens (tertiary/aromatic N) is 1. The van der Waals surface area contributed by atoms with Crippen LogP contribution in [0, 0.1) is 0 Å². The van der Waals surface area contributed by atoms with E-state index in [-0.39, 0.29) is 0 Å². The Labute approximate surface area is 77.6 Å². The van der Waals surface area contributed by atoms with Crippen molar-refractivity contribution in [2.75, 3.05) is 25.7 Å². The molecule has 1 aromatic rings. The first kappa shape index (κ1) is 9.99. The van der Waals surface area contributed by atoms with E-state index < -0.39 is 12.8 Å². The topological polar surface area (TPSA) is 23.5 Å². The third kappa shape index (κ3) is 2.42. The maximum atomic E-state index is 12.1. The summed E-state index contributed by atoms with van der Waals surface area (Å²) in [5.41, 5.74) is 1.66. The van der Waals surface area contributed by atoms with Crippen LogP contribution in [0.2, 0.25) is 0 Å². The highest BCUT2D eigenvalue weighted by atomic mass is 19.1. The number of hydrogen-bond donors (Lipinski definition) is 1. The number of aliphatic hydroxyl groups is 1. The lowest BCUT2D eigenvalue weighted by Crippen LogP contribution is -2.08. The fraction of sp³-hybridized carbons (Fsp3) is 0.400. The Morgan fingerprint density at radius 3 is 2.23 bits per heavy atom. The minimum atomic E-state index is -0.990. The molecule has 0 amide bonds. The van der Waals surface area contributed by atoms with E-state index in [4.69, 9.17) is 0 Å². The molecule has 0 heterocycles. The van der Waals surface area contributed by atoms with Crippen LogP contribution in [0.3, 0.4) is 0 Å². The second-order valence-corrected chi connectivity index (χ2v) is 3.16. The summed E-state index contributed by atoms with van der Waals surface area (Å²) in [4.78, 5) is 1.95. The van der Waals surface area contributed by atoms with Crippen molar-refractivity contribution < 1.29 is 9.50 Å². The van der Waals surface area contributed by atoms with E-state index in [0.717, 1.165) is 5.69 Å². The van der Waals surface area contributed by atoms with Gasteiger partial charge < -0.3 is 10.0 Å². The molecule has 1 unspecified atom stereocenters. The summed E-state index contributed by atoms with van der Waals surface area (Å²) in [5.74, 6) is 0. The first-order valence-electron chi connectivity index (χ1n) is 4.16. The van der Waals surface area contributed by atoms with Crippen LogP contribution in [-0.4, -0.2) is 25.9 Å². The highest BCUT2D eigenvalue weighted by Gasteiger charge is 2.05. The van der Waals surface area contributed by atoms with Crippen LogP contribution < -0.4 is 4.90 Å². The molecular formula is C10H14FNO. The molecule has 0 aromatic heterocycles. The maximum absolute atomic E-state index is 12.1. The summed E-state index contributed by atoms with van der Waals surface area (Å²) in [6.45, 7) is -0.735. The highest BCUT2D eigenvalue weighted by Crippen LogP contribution is 2.17. The van der Waals surface area contributed by atoms with E-state index in [9.17, 15) is 9.50 Å². The summed E-state index contributed by atoms with van der Waals surface area (Å²) in [6, 6.07) is 7.18. The second-order valence-electron chi connectivity index (χ2n) is 3.16. The van der Waals surface area contributed by atoms with Gasteiger partial charge in [0.25, 0.3) is 0 Å². The number of aliphatic hydroxyl groups excluding tert-OH is 1. The summed E-state index contributed by atoms with van der Waals surface area (Å²) < 4.78 is 12.1. The van der Waals surface area contributed by atoms with Crippen molar-refractivity contribution in [1.82, 2.24) is 0 Å². The first-order chi connectivity index (χ1) is 6.15. The van der Waals surface area contributed by atoms with Crippen LogP contribution in [-0.2, 0) is 0 Å². The molecule has 1 N–H and O–H groups in total. The standard InChI is InChI=1S/C10H14FNO/c1-12(2)9-5-3-8(4-6-9)10(13)7-11/h3-6,10,13H,7H2,1-2H3. The zero-order chi connectivity index (χ0) is 9.84. The van der Waals surface area contributed by atoms with Gasteiger partial charge in [0.15, 0.2) is 0 Å². The van der Waals surface area contributed by atoms with Gasteiger partial charge in [-0.2, -0.15) is 0 Å². The van der Waals surface area contributed by atoms with E-state index >= 15 is 0 Å². The van der Waals surface area contributed by atoms with E-state index in [1.54, 1.807) is 12.1 Å². The Morgan fingerprint density at radius 1 is 1.31 bits per heavy atom. The van der Waals surface area contributed by atoms with Crippen LogP contribution in [0.25, 0.3) is 0 Å². The van der Waals surface area contributed by atoms with Crippen LogP contribution >= 0.6 is 0 Å². The van der Waals surface area contributed by atoms with Gasteiger partial charge in [0.1, 0.15) is 12.8 Å². The Hall–Kier alpha value is -1.09. The first-order valence-corrected chi connectivity index (χ1v) is 4.16. The van der Waals surface area contributed by atoms with Gasteiger partial charge in [-0.25, -0.2) is 4.39 Å². The zero-order valence-corrected chi connectivity index (χ0v) is 7.87. The van der Waals surface area contributed by atoms with Gasteiger partial charge in [-0.1, -0.05) is 12.1 Å². The number of rotatable bonds is 3. The number of alkyl halides is 1. The predicted molar refractivity (Wildman–Crippen MR) is 51.7 cm³/mol. The molecule has 3 heteroatoms. The Balaban J connectivity index is 2.81. The quantitative estimate of drug-likeness (QED) is 0.771. The molecule has 13 heavy (non-hydrogen) atoms. The fourth-order valence-corrected chi connectivity index (χ4v) is 1.08. The van der Waals surface area contributed by atoms with Crippen LogP contribution in [0.1, 0.15) is 11.7 Å². The smallest absolute Gasteiger partial charge is 0.119 e. The molecule has 2 nitrogen and oxygen atoms in total. The minimum Gasteiger partial charge on any atom is -0.386 e. The molecule has 1 rings (SSSR count). The van der Waals surface area contributed by atoms with Crippen molar-refractivity contribution in [2.24, 2.45) is 0 Å². The van der Waals surface area contributed by atoms with Crippen LogP contribution in [0.4, 0.5) is 10.1 Å². The van der Waals surface area contributed by atoms with Crippen molar-refractivity contribution in [1.29, 1.82) is 0 Å². The average molecular weight is 183 g/mol. The fourth-order valence-electron chi connectivity index (χ4n) is 1.08. The second kappa shape index (κ2) is 4.23. The van der Waals surface area contributed by atoms with E-state index in [1.807, 2.05) is 31.1 Å². The molecule has 1 atom stereocenters. The van der Waals surface area contributed by atoms with Gasteiger partial charge in [0, 0.05) is 19.8 Å². The SMILES string of the molecule is CN(C)c1ccc(C(O)CF)cc1. The third-order valence-electron chi connectivity index (χ3n) is 1.94. The van der Waals surface area contributed by atoms with E-state index in [2.05, 4.69) is 0 Å². The molecule has 0 radical (unpaired) electrons.